The van der Waals surface area contributed by atoms with E-state index in [1.54, 1.807) is 0 Å². The van der Waals surface area contributed by atoms with Crippen LogP contribution < -0.4 is 11.1 Å². The molecule has 16 heavy (non-hydrogen) atoms. The van der Waals surface area contributed by atoms with Crippen LogP contribution in [0.25, 0.3) is 0 Å². The van der Waals surface area contributed by atoms with Gasteiger partial charge in [0.25, 0.3) is 0 Å². The topological polar surface area (TPSA) is 55.1 Å². The second-order valence-corrected chi connectivity index (χ2v) is 3.35. The first kappa shape index (κ1) is 12.5. The third kappa shape index (κ3) is 3.23. The summed E-state index contributed by atoms with van der Waals surface area (Å²) in [7, 11) is 0. The van der Waals surface area contributed by atoms with E-state index in [1.165, 1.54) is 19.1 Å². The monoisotopic (exact) mass is 232 g/mol. The van der Waals surface area contributed by atoms with Gasteiger partial charge in [-0.05, 0) is 31.2 Å². The van der Waals surface area contributed by atoms with E-state index in [9.17, 15) is 18.0 Å². The van der Waals surface area contributed by atoms with Gasteiger partial charge in [0, 0.05) is 5.69 Å². The van der Waals surface area contributed by atoms with Crippen molar-refractivity contribution in [3.8, 4) is 0 Å². The largest absolute Gasteiger partial charge is 0.416 e. The summed E-state index contributed by atoms with van der Waals surface area (Å²) >= 11 is 0. The van der Waals surface area contributed by atoms with Gasteiger partial charge in [-0.15, -0.1) is 0 Å². The third-order valence-electron chi connectivity index (χ3n) is 1.89. The lowest BCUT2D eigenvalue weighted by Crippen LogP contribution is -2.32. The van der Waals surface area contributed by atoms with Gasteiger partial charge < -0.3 is 11.1 Å². The number of alkyl halides is 3. The van der Waals surface area contributed by atoms with E-state index in [1.807, 2.05) is 0 Å². The highest BCUT2D eigenvalue weighted by Gasteiger charge is 2.29. The maximum Gasteiger partial charge on any atom is 0.416 e. The summed E-state index contributed by atoms with van der Waals surface area (Å²) in [6.07, 6.45) is -4.37. The molecule has 88 valence electrons. The summed E-state index contributed by atoms with van der Waals surface area (Å²) in [6, 6.07) is 3.46. The van der Waals surface area contributed by atoms with Crippen molar-refractivity contribution in [2.24, 2.45) is 5.73 Å². The Morgan fingerprint density at radius 1 is 1.31 bits per heavy atom. The van der Waals surface area contributed by atoms with Crippen molar-refractivity contribution in [2.75, 3.05) is 5.32 Å². The van der Waals surface area contributed by atoms with Gasteiger partial charge in [0.1, 0.15) is 0 Å². The molecule has 1 unspecified atom stereocenters. The first-order valence-corrected chi connectivity index (χ1v) is 4.54. The van der Waals surface area contributed by atoms with Crippen LogP contribution in [-0.4, -0.2) is 11.9 Å². The van der Waals surface area contributed by atoms with Crippen LogP contribution in [-0.2, 0) is 11.0 Å². The van der Waals surface area contributed by atoms with Gasteiger partial charge in [0.05, 0.1) is 11.6 Å². The normalized spacial score (nSPS) is 13.3. The minimum atomic E-state index is -4.37. The van der Waals surface area contributed by atoms with Crippen molar-refractivity contribution in [1.82, 2.24) is 0 Å². The fourth-order valence-electron chi connectivity index (χ4n) is 0.999. The van der Waals surface area contributed by atoms with Gasteiger partial charge in [-0.1, -0.05) is 0 Å². The van der Waals surface area contributed by atoms with E-state index in [2.05, 4.69) is 5.32 Å². The van der Waals surface area contributed by atoms with Crippen LogP contribution in [0.1, 0.15) is 12.5 Å². The maximum atomic E-state index is 12.2. The minimum absolute atomic E-state index is 0.287. The summed E-state index contributed by atoms with van der Waals surface area (Å²) in [5.41, 5.74) is 4.82. The molecule has 0 fully saturated rings. The molecule has 6 heteroatoms. The molecule has 1 aromatic carbocycles. The fourth-order valence-corrected chi connectivity index (χ4v) is 0.999. The van der Waals surface area contributed by atoms with Crippen molar-refractivity contribution in [3.05, 3.63) is 29.8 Å². The second-order valence-electron chi connectivity index (χ2n) is 3.35. The van der Waals surface area contributed by atoms with Crippen molar-refractivity contribution >= 4 is 11.6 Å². The predicted molar refractivity (Wildman–Crippen MR) is 53.7 cm³/mol. The second kappa shape index (κ2) is 4.52. The Kier molecular flexibility index (Phi) is 3.54. The molecule has 1 atom stereocenters. The number of rotatable bonds is 2. The molecule has 1 rings (SSSR count). The zero-order chi connectivity index (χ0) is 12.3. The predicted octanol–water partition coefficient (Wildman–Crippen LogP) is 1.99. The Labute approximate surface area is 90.4 Å². The molecule has 1 aromatic rings. The molecule has 3 N–H and O–H groups in total. The van der Waals surface area contributed by atoms with Crippen LogP contribution in [0.15, 0.2) is 24.3 Å². The molecule has 3 nitrogen and oxygen atoms in total. The quantitative estimate of drug-likeness (QED) is 0.819. The molecule has 0 bridgehead atoms. The number of carbonyl (C=O) groups is 1. The highest BCUT2D eigenvalue weighted by atomic mass is 19.4. The average molecular weight is 232 g/mol. The Morgan fingerprint density at radius 2 is 1.81 bits per heavy atom. The van der Waals surface area contributed by atoms with Gasteiger partial charge in [0.15, 0.2) is 0 Å². The lowest BCUT2D eigenvalue weighted by molar-refractivity contribution is -0.137. The van der Waals surface area contributed by atoms with E-state index in [4.69, 9.17) is 5.73 Å². The van der Waals surface area contributed by atoms with Crippen molar-refractivity contribution < 1.29 is 18.0 Å². The molecular formula is C10H11F3N2O. The van der Waals surface area contributed by atoms with Gasteiger partial charge in [-0.3, -0.25) is 4.79 Å². The van der Waals surface area contributed by atoms with Crippen LogP contribution in [0.2, 0.25) is 0 Å². The number of benzene rings is 1. The first-order chi connectivity index (χ1) is 7.30. The van der Waals surface area contributed by atoms with Crippen LogP contribution in [0.4, 0.5) is 18.9 Å². The van der Waals surface area contributed by atoms with Gasteiger partial charge in [0.2, 0.25) is 5.91 Å². The number of amides is 1. The standard InChI is InChI=1S/C10H11F3N2O/c1-6(14)9(16)15-8-4-2-7(3-5-8)10(11,12)13/h2-6H,14H2,1H3,(H,15,16). The molecule has 0 radical (unpaired) electrons. The Hall–Kier alpha value is -1.56. The SMILES string of the molecule is CC(N)C(=O)Nc1ccc(C(F)(F)F)cc1. The van der Waals surface area contributed by atoms with Gasteiger partial charge in [-0.2, -0.15) is 13.2 Å². The summed E-state index contributed by atoms with van der Waals surface area (Å²) in [6.45, 7) is 1.49. The van der Waals surface area contributed by atoms with E-state index in [0.717, 1.165) is 12.1 Å². The van der Waals surface area contributed by atoms with E-state index in [0.29, 0.717) is 0 Å². The zero-order valence-corrected chi connectivity index (χ0v) is 8.51. The Morgan fingerprint density at radius 3 is 2.19 bits per heavy atom. The molecule has 0 saturated carbocycles. The highest BCUT2D eigenvalue weighted by Crippen LogP contribution is 2.29. The molecule has 0 aliphatic heterocycles. The van der Waals surface area contributed by atoms with E-state index in [-0.39, 0.29) is 5.69 Å². The lowest BCUT2D eigenvalue weighted by Gasteiger charge is -2.09. The number of nitrogens with two attached hydrogens (primary N) is 1. The minimum Gasteiger partial charge on any atom is -0.325 e. The molecule has 0 heterocycles. The highest BCUT2D eigenvalue weighted by molar-refractivity contribution is 5.94. The maximum absolute atomic E-state index is 12.2. The molecule has 1 amide bonds. The van der Waals surface area contributed by atoms with Crippen LogP contribution in [0.3, 0.4) is 0 Å². The molecule has 0 saturated heterocycles. The van der Waals surface area contributed by atoms with Crippen molar-refractivity contribution in [3.63, 3.8) is 0 Å². The van der Waals surface area contributed by atoms with Crippen molar-refractivity contribution in [1.29, 1.82) is 0 Å². The molecule has 0 aliphatic carbocycles. The molecule has 0 aromatic heterocycles. The summed E-state index contributed by atoms with van der Waals surface area (Å²) < 4.78 is 36.6. The first-order valence-electron chi connectivity index (χ1n) is 4.54. The number of hydrogen-bond donors (Lipinski definition) is 2. The summed E-state index contributed by atoms with van der Waals surface area (Å²) in [5, 5.41) is 2.39. The smallest absolute Gasteiger partial charge is 0.325 e. The summed E-state index contributed by atoms with van der Waals surface area (Å²) in [5.74, 6) is -0.445. The van der Waals surface area contributed by atoms with E-state index >= 15 is 0 Å². The number of hydrogen-bond acceptors (Lipinski definition) is 2. The van der Waals surface area contributed by atoms with Crippen LogP contribution >= 0.6 is 0 Å². The Bertz CT molecular complexity index is 371. The summed E-state index contributed by atoms with van der Waals surface area (Å²) in [4.78, 5) is 11.1. The molecule has 0 aliphatic rings. The van der Waals surface area contributed by atoms with Crippen LogP contribution in [0.5, 0.6) is 0 Å². The van der Waals surface area contributed by atoms with Gasteiger partial charge in [-0.25, -0.2) is 0 Å². The van der Waals surface area contributed by atoms with E-state index < -0.39 is 23.7 Å². The average Bonchev–Trinajstić information content (AvgIpc) is 2.17. The number of halogens is 3. The number of anilines is 1. The zero-order valence-electron chi connectivity index (χ0n) is 8.51. The Balaban J connectivity index is 2.76. The fraction of sp³-hybridized carbons (Fsp3) is 0.300. The number of nitrogens with one attached hydrogen (secondary N) is 1. The van der Waals surface area contributed by atoms with Crippen molar-refractivity contribution in [2.45, 2.75) is 19.1 Å². The van der Waals surface area contributed by atoms with Crippen LogP contribution in [0, 0.1) is 0 Å². The van der Waals surface area contributed by atoms with Gasteiger partial charge >= 0.3 is 6.18 Å². The lowest BCUT2D eigenvalue weighted by atomic mass is 10.2. The molecular weight excluding hydrogens is 221 g/mol. The number of carbonyl (C=O) groups excluding carboxylic acids is 1. The third-order valence-corrected chi connectivity index (χ3v) is 1.89. The molecule has 0 spiro atoms.